The molecule has 2 aromatic carbocycles. The van der Waals surface area contributed by atoms with Gasteiger partial charge in [-0.3, -0.25) is 9.59 Å². The summed E-state index contributed by atoms with van der Waals surface area (Å²) < 4.78 is 0. The molecule has 0 saturated heterocycles. The lowest BCUT2D eigenvalue weighted by Gasteiger charge is -2.11. The van der Waals surface area contributed by atoms with Crippen LogP contribution in [0, 0.1) is 13.8 Å². The summed E-state index contributed by atoms with van der Waals surface area (Å²) in [4.78, 5) is 23.9. The van der Waals surface area contributed by atoms with Gasteiger partial charge < -0.3 is 16.0 Å². The molecule has 5 heteroatoms. The van der Waals surface area contributed by atoms with Crippen molar-refractivity contribution in [1.29, 1.82) is 0 Å². The number of benzene rings is 2. The second-order valence-corrected chi connectivity index (χ2v) is 6.41. The Morgan fingerprint density at radius 2 is 1.56 bits per heavy atom. The first kappa shape index (κ1) is 18.5. The van der Waals surface area contributed by atoms with Crippen molar-refractivity contribution in [3.05, 3.63) is 59.2 Å². The Bertz CT molecular complexity index is 752. The molecular weight excluding hydrogens is 314 g/mol. The van der Waals surface area contributed by atoms with Gasteiger partial charge in [-0.2, -0.15) is 0 Å². The van der Waals surface area contributed by atoms with Crippen molar-refractivity contribution >= 4 is 23.2 Å². The minimum Gasteiger partial charge on any atom is -0.376 e. The van der Waals surface area contributed by atoms with Crippen LogP contribution in [-0.4, -0.2) is 24.4 Å². The zero-order valence-electron chi connectivity index (χ0n) is 15.1. The molecule has 132 valence electrons. The van der Waals surface area contributed by atoms with Crippen LogP contribution in [0.1, 0.15) is 35.3 Å². The molecule has 5 nitrogen and oxygen atoms in total. The van der Waals surface area contributed by atoms with Crippen LogP contribution in [0.25, 0.3) is 0 Å². The SMILES string of the molecule is Cc1ccc(NCC(=O)Nc2ccc(C(=O)NC(C)C)cc2)cc1C. The second kappa shape index (κ2) is 8.33. The fourth-order valence-electron chi connectivity index (χ4n) is 2.29. The van der Waals surface area contributed by atoms with E-state index in [1.807, 2.05) is 39.0 Å². The Balaban J connectivity index is 1.87. The fourth-order valence-corrected chi connectivity index (χ4v) is 2.29. The molecule has 0 radical (unpaired) electrons. The second-order valence-electron chi connectivity index (χ2n) is 6.41. The highest BCUT2D eigenvalue weighted by molar-refractivity contribution is 5.96. The number of rotatable bonds is 6. The highest BCUT2D eigenvalue weighted by Gasteiger charge is 2.08. The smallest absolute Gasteiger partial charge is 0.251 e. The van der Waals surface area contributed by atoms with E-state index in [1.54, 1.807) is 24.3 Å². The van der Waals surface area contributed by atoms with Crippen molar-refractivity contribution < 1.29 is 9.59 Å². The number of hydrogen-bond acceptors (Lipinski definition) is 3. The van der Waals surface area contributed by atoms with Crippen LogP contribution < -0.4 is 16.0 Å². The third kappa shape index (κ3) is 5.64. The summed E-state index contributed by atoms with van der Waals surface area (Å²) in [6, 6.07) is 12.9. The standard InChI is InChI=1S/C20H25N3O2/c1-13(2)22-20(25)16-6-9-17(10-7-16)23-19(24)12-21-18-8-5-14(3)15(4)11-18/h5-11,13,21H,12H2,1-4H3,(H,22,25)(H,23,24). The summed E-state index contributed by atoms with van der Waals surface area (Å²) in [5, 5.41) is 8.75. The number of carbonyl (C=O) groups is 2. The van der Waals surface area contributed by atoms with Gasteiger partial charge in [0, 0.05) is 23.0 Å². The van der Waals surface area contributed by atoms with Crippen molar-refractivity contribution in [3.63, 3.8) is 0 Å². The molecule has 0 bridgehead atoms. The third-order valence-electron chi connectivity index (χ3n) is 3.81. The molecule has 0 atom stereocenters. The predicted molar refractivity (Wildman–Crippen MR) is 102 cm³/mol. The lowest BCUT2D eigenvalue weighted by Crippen LogP contribution is -2.30. The Kier molecular flexibility index (Phi) is 6.17. The lowest BCUT2D eigenvalue weighted by molar-refractivity contribution is -0.114. The van der Waals surface area contributed by atoms with Crippen molar-refractivity contribution in [3.8, 4) is 0 Å². The number of nitrogens with one attached hydrogen (secondary N) is 3. The Morgan fingerprint density at radius 1 is 0.920 bits per heavy atom. The zero-order valence-corrected chi connectivity index (χ0v) is 15.1. The van der Waals surface area contributed by atoms with Gasteiger partial charge in [0.15, 0.2) is 0 Å². The van der Waals surface area contributed by atoms with E-state index in [2.05, 4.69) is 22.9 Å². The van der Waals surface area contributed by atoms with Crippen LogP contribution in [0.3, 0.4) is 0 Å². The summed E-state index contributed by atoms with van der Waals surface area (Å²) in [5.74, 6) is -0.262. The Hall–Kier alpha value is -2.82. The summed E-state index contributed by atoms with van der Waals surface area (Å²) in [6.07, 6.45) is 0. The maximum absolute atomic E-state index is 12.0. The molecule has 2 amide bonds. The molecule has 25 heavy (non-hydrogen) atoms. The van der Waals surface area contributed by atoms with Crippen molar-refractivity contribution in [2.45, 2.75) is 33.7 Å². The summed E-state index contributed by atoms with van der Waals surface area (Å²) in [5.41, 5.74) is 4.55. The molecule has 0 aromatic heterocycles. The lowest BCUT2D eigenvalue weighted by atomic mass is 10.1. The average Bonchev–Trinajstić information content (AvgIpc) is 2.56. The number of aryl methyl sites for hydroxylation is 2. The molecule has 0 aliphatic carbocycles. The maximum Gasteiger partial charge on any atom is 0.251 e. The van der Waals surface area contributed by atoms with E-state index in [0.29, 0.717) is 11.3 Å². The molecule has 0 spiro atoms. The summed E-state index contributed by atoms with van der Waals surface area (Å²) >= 11 is 0. The summed E-state index contributed by atoms with van der Waals surface area (Å²) in [6.45, 7) is 8.09. The van der Waals surface area contributed by atoms with Gasteiger partial charge in [0.05, 0.1) is 6.54 Å². The molecule has 2 aromatic rings. The van der Waals surface area contributed by atoms with E-state index in [9.17, 15) is 9.59 Å². The van der Waals surface area contributed by atoms with E-state index in [4.69, 9.17) is 0 Å². The van der Waals surface area contributed by atoms with E-state index in [1.165, 1.54) is 11.1 Å². The molecule has 2 rings (SSSR count). The van der Waals surface area contributed by atoms with E-state index in [0.717, 1.165) is 5.69 Å². The minimum absolute atomic E-state index is 0.0864. The predicted octanol–water partition coefficient (Wildman–Crippen LogP) is 3.49. The van der Waals surface area contributed by atoms with Gasteiger partial charge in [-0.1, -0.05) is 6.07 Å². The van der Waals surface area contributed by atoms with Gasteiger partial charge in [-0.15, -0.1) is 0 Å². The van der Waals surface area contributed by atoms with Crippen molar-refractivity contribution in [2.24, 2.45) is 0 Å². The highest BCUT2D eigenvalue weighted by atomic mass is 16.2. The fraction of sp³-hybridized carbons (Fsp3) is 0.300. The monoisotopic (exact) mass is 339 g/mol. The first-order valence-corrected chi connectivity index (χ1v) is 8.37. The Labute approximate surface area is 148 Å². The normalized spacial score (nSPS) is 10.4. The molecule has 3 N–H and O–H groups in total. The number of carbonyl (C=O) groups excluding carboxylic acids is 2. The van der Waals surface area contributed by atoms with E-state index < -0.39 is 0 Å². The first-order valence-electron chi connectivity index (χ1n) is 8.37. The average molecular weight is 339 g/mol. The molecule has 0 fully saturated rings. The van der Waals surface area contributed by atoms with Gasteiger partial charge >= 0.3 is 0 Å². The van der Waals surface area contributed by atoms with Crippen LogP contribution in [-0.2, 0) is 4.79 Å². The minimum atomic E-state index is -0.141. The van der Waals surface area contributed by atoms with Gasteiger partial charge in [-0.25, -0.2) is 0 Å². The zero-order chi connectivity index (χ0) is 18.4. The van der Waals surface area contributed by atoms with Crippen LogP contribution in [0.15, 0.2) is 42.5 Å². The molecule has 0 aliphatic rings. The topological polar surface area (TPSA) is 70.2 Å². The number of hydrogen-bond donors (Lipinski definition) is 3. The van der Waals surface area contributed by atoms with Crippen LogP contribution in [0.4, 0.5) is 11.4 Å². The maximum atomic E-state index is 12.0. The molecular formula is C20H25N3O2. The van der Waals surface area contributed by atoms with Gasteiger partial charge in [0.1, 0.15) is 0 Å². The van der Waals surface area contributed by atoms with Crippen LogP contribution in [0.5, 0.6) is 0 Å². The molecule has 0 heterocycles. The van der Waals surface area contributed by atoms with Gasteiger partial charge in [0.25, 0.3) is 5.91 Å². The summed E-state index contributed by atoms with van der Waals surface area (Å²) in [7, 11) is 0. The van der Waals surface area contributed by atoms with Crippen LogP contribution in [0.2, 0.25) is 0 Å². The number of anilines is 2. The molecule has 0 unspecified atom stereocenters. The molecule has 0 saturated carbocycles. The Morgan fingerprint density at radius 3 is 2.16 bits per heavy atom. The quantitative estimate of drug-likeness (QED) is 0.754. The van der Waals surface area contributed by atoms with E-state index >= 15 is 0 Å². The van der Waals surface area contributed by atoms with E-state index in [-0.39, 0.29) is 24.4 Å². The third-order valence-corrected chi connectivity index (χ3v) is 3.81. The number of amides is 2. The van der Waals surface area contributed by atoms with Gasteiger partial charge in [-0.05, 0) is 75.2 Å². The van der Waals surface area contributed by atoms with Crippen molar-refractivity contribution in [2.75, 3.05) is 17.2 Å². The largest absolute Gasteiger partial charge is 0.376 e. The van der Waals surface area contributed by atoms with Gasteiger partial charge in [0.2, 0.25) is 5.91 Å². The highest BCUT2D eigenvalue weighted by Crippen LogP contribution is 2.14. The van der Waals surface area contributed by atoms with Crippen LogP contribution >= 0.6 is 0 Å². The first-order chi connectivity index (χ1) is 11.8. The molecule has 0 aliphatic heterocycles. The van der Waals surface area contributed by atoms with Crippen molar-refractivity contribution in [1.82, 2.24) is 5.32 Å².